The zero-order valence-electron chi connectivity index (χ0n) is 14.2. The number of hydrogen-bond donors (Lipinski definition) is 2. The summed E-state index contributed by atoms with van der Waals surface area (Å²) in [7, 11) is 0.500. The third kappa shape index (κ3) is 4.18. The second-order valence-corrected chi connectivity index (χ2v) is 5.25. The van der Waals surface area contributed by atoms with Gasteiger partial charge in [0.05, 0.1) is 12.9 Å². The fourth-order valence-corrected chi connectivity index (χ4v) is 2.44. The van der Waals surface area contributed by atoms with Crippen LogP contribution < -0.4 is 11.5 Å². The summed E-state index contributed by atoms with van der Waals surface area (Å²) in [5.74, 6) is 0.762. The van der Waals surface area contributed by atoms with Gasteiger partial charge in [-0.1, -0.05) is 54.6 Å². The van der Waals surface area contributed by atoms with Crippen molar-refractivity contribution in [2.45, 2.75) is 13.0 Å². The molecule has 4 N–H and O–H groups in total. The van der Waals surface area contributed by atoms with Crippen molar-refractivity contribution in [1.82, 2.24) is 9.97 Å². The monoisotopic (exact) mass is 360 g/mol. The number of benzene rings is 2. The van der Waals surface area contributed by atoms with E-state index in [-0.39, 0.29) is 12.1 Å². The fraction of sp³-hybridized carbons (Fsp3) is 0.158. The number of anilines is 1. The molecule has 26 heavy (non-hydrogen) atoms. The topological polar surface area (TPSA) is 77.8 Å². The molecular weight excluding hydrogens is 341 g/mol. The first kappa shape index (κ1) is 19.4. The molecule has 3 aromatic rings. The van der Waals surface area contributed by atoms with E-state index in [4.69, 9.17) is 11.5 Å². The average Bonchev–Trinajstić information content (AvgIpc) is 2.69. The highest BCUT2D eigenvalue weighted by molar-refractivity contribution is 5.71. The number of rotatable bonds is 4. The smallest absolute Gasteiger partial charge is 0.263 e. The van der Waals surface area contributed by atoms with Gasteiger partial charge in [-0.2, -0.15) is 0 Å². The van der Waals surface area contributed by atoms with Crippen molar-refractivity contribution in [3.63, 3.8) is 0 Å². The lowest BCUT2D eigenvalue weighted by atomic mass is 10.0. The summed E-state index contributed by atoms with van der Waals surface area (Å²) < 4.78 is 35.0. The van der Waals surface area contributed by atoms with E-state index >= 15 is 0 Å². The summed E-state index contributed by atoms with van der Waals surface area (Å²) in [5, 5.41) is 0. The standard InChI is InChI=1S/C18H16F2N4.CH3F/c19-16(20)12-8-6-11(7-9-12)15-14(10-21)17(22)24-18(23-15)13-4-2-1-3-5-13;1-2/h1-9,16H,10,21H2,(H2,22,23,24);1H3. The maximum atomic E-state index is 12.7. The van der Waals surface area contributed by atoms with Crippen molar-refractivity contribution in [2.75, 3.05) is 12.9 Å². The summed E-state index contributed by atoms with van der Waals surface area (Å²) in [6.45, 7) is 0.160. The number of nitrogen functional groups attached to an aromatic ring is 1. The first-order chi connectivity index (χ1) is 12.6. The molecule has 136 valence electrons. The Balaban J connectivity index is 0.00000117. The molecule has 3 rings (SSSR count). The lowest BCUT2D eigenvalue weighted by Gasteiger charge is -2.12. The quantitative estimate of drug-likeness (QED) is 0.724. The van der Waals surface area contributed by atoms with E-state index in [0.29, 0.717) is 35.6 Å². The maximum absolute atomic E-state index is 12.7. The summed E-state index contributed by atoms with van der Waals surface area (Å²) in [6, 6.07) is 15.3. The molecule has 0 radical (unpaired) electrons. The molecule has 0 bridgehead atoms. The van der Waals surface area contributed by atoms with Crippen LogP contribution >= 0.6 is 0 Å². The van der Waals surface area contributed by atoms with Crippen LogP contribution in [0.5, 0.6) is 0 Å². The van der Waals surface area contributed by atoms with E-state index in [1.165, 1.54) is 12.1 Å². The van der Waals surface area contributed by atoms with E-state index in [1.54, 1.807) is 12.1 Å². The van der Waals surface area contributed by atoms with Gasteiger partial charge in [0.25, 0.3) is 6.43 Å². The SMILES string of the molecule is CF.NCc1c(N)nc(-c2ccccc2)nc1-c1ccc(C(F)F)cc1. The van der Waals surface area contributed by atoms with Crippen LogP contribution in [0.4, 0.5) is 19.0 Å². The van der Waals surface area contributed by atoms with Crippen LogP contribution in [0.25, 0.3) is 22.6 Å². The van der Waals surface area contributed by atoms with Gasteiger partial charge in [-0.15, -0.1) is 0 Å². The highest BCUT2D eigenvalue weighted by Crippen LogP contribution is 2.29. The highest BCUT2D eigenvalue weighted by atomic mass is 19.3. The maximum Gasteiger partial charge on any atom is 0.263 e. The van der Waals surface area contributed by atoms with Crippen molar-refractivity contribution in [3.8, 4) is 22.6 Å². The summed E-state index contributed by atoms with van der Waals surface area (Å²) in [6.07, 6.45) is -2.51. The van der Waals surface area contributed by atoms with E-state index < -0.39 is 6.43 Å². The molecule has 0 aliphatic carbocycles. The van der Waals surface area contributed by atoms with Crippen molar-refractivity contribution < 1.29 is 13.2 Å². The van der Waals surface area contributed by atoms with Crippen molar-refractivity contribution >= 4 is 5.82 Å². The van der Waals surface area contributed by atoms with Gasteiger partial charge in [-0.05, 0) is 0 Å². The minimum atomic E-state index is -2.51. The first-order valence-corrected chi connectivity index (χ1v) is 7.78. The lowest BCUT2D eigenvalue weighted by molar-refractivity contribution is 0.151. The predicted molar refractivity (Wildman–Crippen MR) is 97.2 cm³/mol. The zero-order valence-corrected chi connectivity index (χ0v) is 14.2. The largest absolute Gasteiger partial charge is 0.383 e. The number of nitrogens with zero attached hydrogens (tertiary/aromatic N) is 2. The van der Waals surface area contributed by atoms with E-state index in [2.05, 4.69) is 9.97 Å². The Morgan fingerprint density at radius 2 is 1.50 bits per heavy atom. The van der Waals surface area contributed by atoms with Crippen LogP contribution in [0, 0.1) is 0 Å². The normalized spacial score (nSPS) is 10.4. The Morgan fingerprint density at radius 3 is 2.04 bits per heavy atom. The third-order valence-corrected chi connectivity index (χ3v) is 3.71. The molecule has 0 unspecified atom stereocenters. The molecule has 0 amide bonds. The number of nitrogens with two attached hydrogens (primary N) is 2. The Hall–Kier alpha value is -2.93. The first-order valence-electron chi connectivity index (χ1n) is 7.78. The highest BCUT2D eigenvalue weighted by Gasteiger charge is 2.15. The van der Waals surface area contributed by atoms with Crippen molar-refractivity contribution in [2.24, 2.45) is 5.73 Å². The van der Waals surface area contributed by atoms with Gasteiger partial charge >= 0.3 is 0 Å². The molecule has 7 heteroatoms. The summed E-state index contributed by atoms with van der Waals surface area (Å²) in [5.41, 5.74) is 14.4. The second-order valence-electron chi connectivity index (χ2n) is 5.25. The van der Waals surface area contributed by atoms with Gasteiger partial charge in [-0.25, -0.2) is 18.7 Å². The van der Waals surface area contributed by atoms with Gasteiger partial charge in [0.1, 0.15) is 5.82 Å². The Morgan fingerprint density at radius 1 is 0.885 bits per heavy atom. The summed E-state index contributed by atoms with van der Waals surface area (Å²) in [4.78, 5) is 8.87. The molecule has 0 aliphatic rings. The molecule has 2 aromatic carbocycles. The lowest BCUT2D eigenvalue weighted by Crippen LogP contribution is -2.09. The molecule has 1 aromatic heterocycles. The zero-order chi connectivity index (χ0) is 19.1. The van der Waals surface area contributed by atoms with Crippen molar-refractivity contribution in [1.29, 1.82) is 0 Å². The molecule has 4 nitrogen and oxygen atoms in total. The second kappa shape index (κ2) is 8.96. The van der Waals surface area contributed by atoms with E-state index in [9.17, 15) is 13.2 Å². The van der Waals surface area contributed by atoms with Gasteiger partial charge < -0.3 is 11.5 Å². The fourth-order valence-electron chi connectivity index (χ4n) is 2.44. The molecule has 0 saturated heterocycles. The minimum absolute atomic E-state index is 0.0432. The molecule has 0 spiro atoms. The van der Waals surface area contributed by atoms with Gasteiger partial charge in [0.15, 0.2) is 5.82 Å². The predicted octanol–water partition coefficient (Wildman–Crippen LogP) is 4.37. The number of aromatic nitrogens is 2. The van der Waals surface area contributed by atoms with Gasteiger partial charge in [0, 0.05) is 28.8 Å². The van der Waals surface area contributed by atoms with Crippen LogP contribution in [-0.4, -0.2) is 17.1 Å². The van der Waals surface area contributed by atoms with E-state index in [0.717, 1.165) is 5.56 Å². The molecule has 0 aliphatic heterocycles. The van der Waals surface area contributed by atoms with Crippen LogP contribution in [0.1, 0.15) is 17.6 Å². The van der Waals surface area contributed by atoms with Crippen molar-refractivity contribution in [3.05, 3.63) is 65.7 Å². The molecule has 0 fully saturated rings. The van der Waals surface area contributed by atoms with Crippen LogP contribution in [0.2, 0.25) is 0 Å². The summed E-state index contributed by atoms with van der Waals surface area (Å²) >= 11 is 0. The Bertz CT molecular complexity index is 837. The number of hydrogen-bond acceptors (Lipinski definition) is 4. The molecule has 1 heterocycles. The molecular formula is C19H19F3N4. The Labute approximate surface area is 149 Å². The number of halogens is 3. The molecule has 0 atom stereocenters. The van der Waals surface area contributed by atoms with Gasteiger partial charge in [-0.3, -0.25) is 4.39 Å². The van der Waals surface area contributed by atoms with E-state index in [1.807, 2.05) is 30.3 Å². The number of alkyl halides is 3. The van der Waals surface area contributed by atoms with Gasteiger partial charge in [0.2, 0.25) is 0 Å². The Kier molecular flexibility index (Phi) is 6.68. The average molecular weight is 360 g/mol. The minimum Gasteiger partial charge on any atom is -0.383 e. The third-order valence-electron chi connectivity index (χ3n) is 3.71. The van der Waals surface area contributed by atoms with Crippen LogP contribution in [-0.2, 0) is 6.54 Å². The molecule has 0 saturated carbocycles. The van der Waals surface area contributed by atoms with Crippen LogP contribution in [0.15, 0.2) is 54.6 Å². The van der Waals surface area contributed by atoms with Crippen LogP contribution in [0.3, 0.4) is 0 Å².